The highest BCUT2D eigenvalue weighted by Gasteiger charge is 2.31. The van der Waals surface area contributed by atoms with E-state index in [2.05, 4.69) is 15.6 Å². The predicted molar refractivity (Wildman–Crippen MR) is 145 cm³/mol. The second-order valence-electron chi connectivity index (χ2n) is 9.13. The molecule has 2 atom stereocenters. The molecule has 0 aliphatic carbocycles. The van der Waals surface area contributed by atoms with Crippen LogP contribution in [0.4, 0.5) is 18.9 Å². The summed E-state index contributed by atoms with van der Waals surface area (Å²) in [6.45, 7) is 0.880. The molecule has 0 bridgehead atoms. The Labute approximate surface area is 229 Å². The van der Waals surface area contributed by atoms with E-state index < -0.39 is 41.5 Å². The summed E-state index contributed by atoms with van der Waals surface area (Å²) in [7, 11) is 0. The van der Waals surface area contributed by atoms with E-state index in [-0.39, 0.29) is 39.0 Å². The molecule has 214 valence electrons. The number of fused-ring (bicyclic) bond motifs is 1. The molecule has 0 aliphatic rings. The van der Waals surface area contributed by atoms with Crippen molar-refractivity contribution in [3.05, 3.63) is 71.9 Å². The van der Waals surface area contributed by atoms with Gasteiger partial charge in [0.15, 0.2) is 0 Å². The van der Waals surface area contributed by atoms with Crippen molar-refractivity contribution < 1.29 is 27.6 Å². The van der Waals surface area contributed by atoms with Crippen LogP contribution in [0.25, 0.3) is 10.9 Å². The van der Waals surface area contributed by atoms with Crippen LogP contribution in [0.15, 0.2) is 60.8 Å². The molecule has 0 radical (unpaired) electrons. The van der Waals surface area contributed by atoms with Gasteiger partial charge in [0.2, 0.25) is 17.7 Å². The largest absolute Gasteiger partial charge is 0.416 e. The van der Waals surface area contributed by atoms with Crippen LogP contribution in [0.2, 0.25) is 0 Å². The number of carbonyl (C=O) groups excluding carboxylic acids is 3. The Balaban J connectivity index is 1.77. The molecule has 0 fully saturated rings. The van der Waals surface area contributed by atoms with Crippen LogP contribution in [0.5, 0.6) is 0 Å². The average Bonchev–Trinajstić information content (AvgIpc) is 2.92. The van der Waals surface area contributed by atoms with Crippen LogP contribution in [-0.4, -0.2) is 65.9 Å². The van der Waals surface area contributed by atoms with E-state index in [4.69, 9.17) is 17.2 Å². The van der Waals surface area contributed by atoms with Gasteiger partial charge in [-0.15, -0.1) is 0 Å². The van der Waals surface area contributed by atoms with Gasteiger partial charge in [-0.1, -0.05) is 30.3 Å². The highest BCUT2D eigenvalue weighted by atomic mass is 19.4. The van der Waals surface area contributed by atoms with Crippen molar-refractivity contribution in [1.82, 2.24) is 15.2 Å². The number of para-hydroxylation sites is 1. The van der Waals surface area contributed by atoms with Crippen molar-refractivity contribution in [2.24, 2.45) is 17.2 Å². The zero-order chi connectivity index (χ0) is 29.3. The summed E-state index contributed by atoms with van der Waals surface area (Å²) < 4.78 is 39.0. The smallest absolute Gasteiger partial charge is 0.343 e. The van der Waals surface area contributed by atoms with E-state index in [9.17, 15) is 27.6 Å². The van der Waals surface area contributed by atoms with Gasteiger partial charge in [-0.2, -0.15) is 13.2 Å². The van der Waals surface area contributed by atoms with E-state index in [1.165, 1.54) is 23.2 Å². The first-order valence-electron chi connectivity index (χ1n) is 12.6. The number of benzene rings is 2. The van der Waals surface area contributed by atoms with Crippen molar-refractivity contribution in [1.29, 1.82) is 0 Å². The summed E-state index contributed by atoms with van der Waals surface area (Å²) >= 11 is 0. The second-order valence-corrected chi connectivity index (χ2v) is 9.13. The summed E-state index contributed by atoms with van der Waals surface area (Å²) in [4.78, 5) is 44.5. The molecule has 3 amide bonds. The Morgan fingerprint density at radius 3 is 2.23 bits per heavy atom. The summed E-state index contributed by atoms with van der Waals surface area (Å²) in [6.07, 6.45) is -3.56. The number of halogens is 3. The summed E-state index contributed by atoms with van der Waals surface area (Å²) in [5.74, 6) is -1.85. The van der Waals surface area contributed by atoms with Crippen LogP contribution >= 0.6 is 0 Å². The first-order valence-corrected chi connectivity index (χ1v) is 12.6. The van der Waals surface area contributed by atoms with Crippen molar-refractivity contribution >= 4 is 34.3 Å². The monoisotopic (exact) mass is 559 g/mol. The van der Waals surface area contributed by atoms with Crippen molar-refractivity contribution in [2.45, 2.75) is 31.1 Å². The molecule has 40 heavy (non-hydrogen) atoms. The number of pyridine rings is 1. The standard InChI is InChI=1S/C27H32F3N7O3/c28-27(29,30)19-7-5-17(6-8-19)13-23(26(40)35-20-14-18-3-1-2-4-22(18)34-16-20)36-25(39)21(33)15-24(38)37(11-9-31)12-10-32/h1-8,14,16,21,23H,9-13,15,31-33H2,(H,35,40)(H,36,39)/t21-,23-/m1/s1. The van der Waals surface area contributed by atoms with Crippen LogP contribution in [-0.2, 0) is 27.0 Å². The molecular formula is C27H32F3N7O3. The van der Waals surface area contributed by atoms with Crippen molar-refractivity contribution in [2.75, 3.05) is 31.5 Å². The fourth-order valence-electron chi connectivity index (χ4n) is 4.01. The van der Waals surface area contributed by atoms with Gasteiger partial charge in [-0.05, 0) is 29.8 Å². The van der Waals surface area contributed by atoms with E-state index in [1.807, 2.05) is 18.2 Å². The number of amides is 3. The summed E-state index contributed by atoms with van der Waals surface area (Å²) in [6, 6.07) is 10.7. The molecule has 13 heteroatoms. The maximum Gasteiger partial charge on any atom is 0.416 e. The fourth-order valence-corrected chi connectivity index (χ4v) is 4.01. The zero-order valence-corrected chi connectivity index (χ0v) is 21.7. The minimum Gasteiger partial charge on any atom is -0.343 e. The fraction of sp³-hybridized carbons (Fsp3) is 0.333. The number of nitrogens with one attached hydrogen (secondary N) is 2. The molecule has 0 spiro atoms. The number of carbonyl (C=O) groups is 3. The normalized spacial score (nSPS) is 12.9. The lowest BCUT2D eigenvalue weighted by Gasteiger charge is -2.24. The van der Waals surface area contributed by atoms with Gasteiger partial charge in [-0.25, -0.2) is 0 Å². The first kappa shape index (κ1) is 30.5. The SMILES string of the molecule is NCCN(CCN)C(=O)C[C@@H](N)C(=O)N[C@H](Cc1ccc(C(F)(F)F)cc1)C(=O)Nc1cnc2ccccc2c1. The molecule has 3 rings (SSSR count). The average molecular weight is 560 g/mol. The van der Waals surface area contributed by atoms with Gasteiger partial charge in [0.1, 0.15) is 6.04 Å². The molecule has 0 saturated heterocycles. The molecule has 8 N–H and O–H groups in total. The predicted octanol–water partition coefficient (Wildman–Crippen LogP) is 1.38. The Bertz CT molecular complexity index is 1310. The van der Waals surface area contributed by atoms with Crippen LogP contribution in [0.1, 0.15) is 17.5 Å². The molecule has 1 aromatic heterocycles. The van der Waals surface area contributed by atoms with E-state index in [1.54, 1.807) is 12.1 Å². The Hall–Kier alpha value is -4.07. The lowest BCUT2D eigenvalue weighted by molar-refractivity contribution is -0.137. The van der Waals surface area contributed by atoms with Crippen molar-refractivity contribution in [3.8, 4) is 0 Å². The van der Waals surface area contributed by atoms with Gasteiger partial charge in [0.25, 0.3) is 0 Å². The Morgan fingerprint density at radius 1 is 0.950 bits per heavy atom. The molecular weight excluding hydrogens is 527 g/mol. The Morgan fingerprint density at radius 2 is 1.60 bits per heavy atom. The number of hydrogen-bond donors (Lipinski definition) is 5. The quantitative estimate of drug-likeness (QED) is 0.223. The third-order valence-electron chi connectivity index (χ3n) is 6.09. The van der Waals surface area contributed by atoms with E-state index in [0.717, 1.165) is 17.5 Å². The lowest BCUT2D eigenvalue weighted by Crippen LogP contribution is -2.52. The Kier molecular flexibility index (Phi) is 10.5. The third kappa shape index (κ3) is 8.46. The van der Waals surface area contributed by atoms with Gasteiger partial charge >= 0.3 is 6.18 Å². The van der Waals surface area contributed by atoms with E-state index in [0.29, 0.717) is 16.8 Å². The van der Waals surface area contributed by atoms with Gasteiger partial charge in [-0.3, -0.25) is 19.4 Å². The molecule has 0 aliphatic heterocycles. The number of hydrogen-bond acceptors (Lipinski definition) is 7. The molecule has 10 nitrogen and oxygen atoms in total. The number of nitrogens with two attached hydrogens (primary N) is 3. The third-order valence-corrected chi connectivity index (χ3v) is 6.09. The minimum absolute atomic E-state index is 0.135. The number of nitrogens with zero attached hydrogens (tertiary/aromatic N) is 2. The topological polar surface area (TPSA) is 169 Å². The molecule has 2 aromatic carbocycles. The van der Waals surface area contributed by atoms with Gasteiger partial charge < -0.3 is 32.7 Å². The highest BCUT2D eigenvalue weighted by molar-refractivity contribution is 5.99. The highest BCUT2D eigenvalue weighted by Crippen LogP contribution is 2.29. The number of rotatable bonds is 12. The summed E-state index contributed by atoms with van der Waals surface area (Å²) in [5, 5.41) is 5.99. The molecule has 1 heterocycles. The maximum absolute atomic E-state index is 13.3. The van der Waals surface area contributed by atoms with Gasteiger partial charge in [0, 0.05) is 38.0 Å². The van der Waals surface area contributed by atoms with Crippen LogP contribution in [0.3, 0.4) is 0 Å². The maximum atomic E-state index is 13.3. The van der Waals surface area contributed by atoms with Gasteiger partial charge in [0.05, 0.1) is 35.4 Å². The lowest BCUT2D eigenvalue weighted by atomic mass is 10.0. The molecule has 0 saturated carbocycles. The zero-order valence-electron chi connectivity index (χ0n) is 21.7. The second kappa shape index (κ2) is 13.8. The summed E-state index contributed by atoms with van der Waals surface area (Å²) in [5.41, 5.74) is 17.6. The number of alkyl halides is 3. The first-order chi connectivity index (χ1) is 19.0. The molecule has 0 unspecified atom stereocenters. The van der Waals surface area contributed by atoms with E-state index >= 15 is 0 Å². The van der Waals surface area contributed by atoms with Crippen LogP contribution in [0, 0.1) is 0 Å². The molecule has 3 aromatic rings. The van der Waals surface area contributed by atoms with Crippen molar-refractivity contribution in [3.63, 3.8) is 0 Å². The number of aromatic nitrogens is 1. The minimum atomic E-state index is -4.52. The number of anilines is 1. The van der Waals surface area contributed by atoms with Crippen LogP contribution < -0.4 is 27.8 Å².